The van der Waals surface area contributed by atoms with Crippen LogP contribution in [0, 0.1) is 0 Å². The molecule has 0 saturated carbocycles. The zero-order valence-electron chi connectivity index (χ0n) is 33.1. The molecule has 5 nitrogen and oxygen atoms in total. The molecule has 0 bridgehead atoms. The highest BCUT2D eigenvalue weighted by Gasteiger charge is 2.25. The summed E-state index contributed by atoms with van der Waals surface area (Å²) in [5, 5.41) is 8.22. The maximum absolute atomic E-state index is 6.70. The van der Waals surface area contributed by atoms with Gasteiger partial charge in [0.25, 0.3) is 0 Å². The van der Waals surface area contributed by atoms with E-state index >= 15 is 0 Å². The van der Waals surface area contributed by atoms with Crippen LogP contribution in [0.4, 0.5) is 0 Å². The van der Waals surface area contributed by atoms with Crippen molar-refractivity contribution in [2.24, 2.45) is 0 Å². The van der Waals surface area contributed by atoms with Crippen molar-refractivity contribution in [2.45, 2.75) is 0 Å². The Hall–Kier alpha value is -8.06. The van der Waals surface area contributed by atoms with Crippen LogP contribution in [0.2, 0.25) is 0 Å². The van der Waals surface area contributed by atoms with Crippen LogP contribution < -0.4 is 4.74 Å². The second kappa shape index (κ2) is 12.7. The summed E-state index contributed by atoms with van der Waals surface area (Å²) in [6, 6.07) is 69.4. The summed E-state index contributed by atoms with van der Waals surface area (Å²) >= 11 is 1.76. The number of para-hydroxylation sites is 3. The van der Waals surface area contributed by atoms with Crippen molar-refractivity contribution in [1.29, 1.82) is 0 Å². The Morgan fingerprint density at radius 2 is 1.06 bits per heavy atom. The van der Waals surface area contributed by atoms with E-state index in [1.807, 2.05) is 6.07 Å². The lowest BCUT2D eigenvalue weighted by Crippen LogP contribution is -2.02. The van der Waals surface area contributed by atoms with Gasteiger partial charge in [0.15, 0.2) is 0 Å². The third kappa shape index (κ3) is 4.72. The summed E-state index contributed by atoms with van der Waals surface area (Å²) in [5.41, 5.74) is 13.0. The molecule has 0 fully saturated rings. The van der Waals surface area contributed by atoms with Gasteiger partial charge in [-0.3, -0.25) is 4.57 Å². The molecule has 0 amide bonds. The summed E-state index contributed by atoms with van der Waals surface area (Å²) in [4.78, 5) is 10.8. The second-order valence-corrected chi connectivity index (χ2v) is 17.1. The van der Waals surface area contributed by atoms with Crippen LogP contribution >= 0.6 is 11.3 Å². The Morgan fingerprint density at radius 3 is 1.92 bits per heavy atom. The van der Waals surface area contributed by atoms with Crippen LogP contribution in [-0.2, 0) is 0 Å². The third-order valence-electron chi connectivity index (χ3n) is 12.7. The molecule has 1 aliphatic rings. The molecule has 9 aromatic carbocycles. The number of hydrogen-bond donors (Lipinski definition) is 0. The lowest BCUT2D eigenvalue weighted by Gasteiger charge is -2.22. The van der Waals surface area contributed by atoms with Crippen LogP contribution in [0.5, 0.6) is 11.5 Å². The van der Waals surface area contributed by atoms with Crippen molar-refractivity contribution in [3.8, 4) is 56.6 Å². The Bertz CT molecular complexity index is 4010. The molecule has 0 radical (unpaired) electrons. The normalized spacial score (nSPS) is 12.3. The van der Waals surface area contributed by atoms with E-state index in [0.717, 1.165) is 99.0 Å². The van der Waals surface area contributed by atoms with Crippen LogP contribution in [0.1, 0.15) is 0 Å². The fraction of sp³-hybridized carbons (Fsp3) is 0. The summed E-state index contributed by atoms with van der Waals surface area (Å²) in [5.74, 6) is 2.42. The number of nitrogens with zero attached hydrogens (tertiary/aromatic N) is 4. The van der Waals surface area contributed by atoms with Gasteiger partial charge in [0.2, 0.25) is 5.95 Å². The van der Waals surface area contributed by atoms with Crippen molar-refractivity contribution >= 4 is 86.0 Å². The number of ether oxygens (including phenoxy) is 1. The maximum atomic E-state index is 6.70. The Morgan fingerprint density at radius 1 is 0.403 bits per heavy atom. The minimum Gasteiger partial charge on any atom is -0.456 e. The van der Waals surface area contributed by atoms with Crippen LogP contribution in [0.25, 0.3) is 120 Å². The first-order valence-electron chi connectivity index (χ1n) is 20.9. The van der Waals surface area contributed by atoms with E-state index in [9.17, 15) is 0 Å². The SMILES string of the molecule is c1ccc(-c2nc(-n3c4ccccc4c4ccc(-c5ccc6c7c8cccc9c8c(cc7n(-c7ccccc7)c6c5)Oc5ccccc5-9)cc43)nc3c2sc2ccccc23)cc1. The van der Waals surface area contributed by atoms with Gasteiger partial charge >= 0.3 is 0 Å². The molecular weight excluding hydrogens is 777 g/mol. The predicted molar refractivity (Wildman–Crippen MR) is 257 cm³/mol. The van der Waals surface area contributed by atoms with Gasteiger partial charge in [0.05, 0.1) is 38.0 Å². The van der Waals surface area contributed by atoms with Crippen molar-refractivity contribution < 1.29 is 4.74 Å². The molecule has 6 heteroatoms. The van der Waals surface area contributed by atoms with Crippen LogP contribution in [0.15, 0.2) is 194 Å². The molecule has 1 aliphatic heterocycles. The van der Waals surface area contributed by atoms with Crippen molar-refractivity contribution in [3.05, 3.63) is 194 Å². The second-order valence-electron chi connectivity index (χ2n) is 16.1. The van der Waals surface area contributed by atoms with Crippen molar-refractivity contribution in [1.82, 2.24) is 19.1 Å². The maximum Gasteiger partial charge on any atom is 0.235 e. The molecule has 14 rings (SSSR count). The highest BCUT2D eigenvalue weighted by molar-refractivity contribution is 7.26. The first-order valence-corrected chi connectivity index (χ1v) is 21.7. The fourth-order valence-electron chi connectivity index (χ4n) is 10.0. The van der Waals surface area contributed by atoms with E-state index in [1.54, 1.807) is 11.3 Å². The quantitative estimate of drug-likeness (QED) is 0.178. The molecule has 4 aromatic heterocycles. The van der Waals surface area contributed by atoms with Crippen LogP contribution in [0.3, 0.4) is 0 Å². The minimum absolute atomic E-state index is 0.659. The van der Waals surface area contributed by atoms with E-state index in [-0.39, 0.29) is 0 Å². The van der Waals surface area contributed by atoms with E-state index < -0.39 is 0 Å². The van der Waals surface area contributed by atoms with Crippen molar-refractivity contribution in [3.63, 3.8) is 0 Å². The first kappa shape index (κ1) is 33.7. The summed E-state index contributed by atoms with van der Waals surface area (Å²) < 4.78 is 13.7. The zero-order chi connectivity index (χ0) is 40.5. The van der Waals surface area contributed by atoms with Gasteiger partial charge in [-0.15, -0.1) is 11.3 Å². The molecule has 0 unspecified atom stereocenters. The van der Waals surface area contributed by atoms with Crippen LogP contribution in [-0.4, -0.2) is 19.1 Å². The average molecular weight is 809 g/mol. The molecule has 288 valence electrons. The van der Waals surface area contributed by atoms with Gasteiger partial charge < -0.3 is 9.30 Å². The average Bonchev–Trinajstić information content (AvgIpc) is 3.99. The smallest absolute Gasteiger partial charge is 0.235 e. The fourth-order valence-corrected chi connectivity index (χ4v) is 11.2. The lowest BCUT2D eigenvalue weighted by atomic mass is 9.92. The number of fused-ring (bicyclic) bond motifs is 12. The molecule has 62 heavy (non-hydrogen) atoms. The highest BCUT2D eigenvalue weighted by Crippen LogP contribution is 2.51. The monoisotopic (exact) mass is 808 g/mol. The van der Waals surface area contributed by atoms with E-state index in [0.29, 0.717) is 5.95 Å². The number of benzene rings is 9. The summed E-state index contributed by atoms with van der Waals surface area (Å²) in [6.07, 6.45) is 0. The van der Waals surface area contributed by atoms with Gasteiger partial charge in [-0.1, -0.05) is 146 Å². The largest absolute Gasteiger partial charge is 0.456 e. The molecule has 0 atom stereocenters. The predicted octanol–water partition coefficient (Wildman–Crippen LogP) is 15.3. The molecular formula is C56H32N4OS. The Kier molecular flexibility index (Phi) is 6.92. The van der Waals surface area contributed by atoms with Gasteiger partial charge in [0.1, 0.15) is 11.5 Å². The third-order valence-corrected chi connectivity index (χ3v) is 13.9. The molecule has 0 spiro atoms. The molecule has 0 aliphatic carbocycles. The van der Waals surface area contributed by atoms with Gasteiger partial charge in [-0.2, -0.15) is 0 Å². The molecule has 5 heterocycles. The lowest BCUT2D eigenvalue weighted by molar-refractivity contribution is 0.487. The van der Waals surface area contributed by atoms with Gasteiger partial charge in [-0.25, -0.2) is 9.97 Å². The van der Waals surface area contributed by atoms with E-state index in [2.05, 4.69) is 197 Å². The van der Waals surface area contributed by atoms with Gasteiger partial charge in [-0.05, 0) is 64.5 Å². The van der Waals surface area contributed by atoms with E-state index in [4.69, 9.17) is 14.7 Å². The number of aromatic nitrogens is 4. The van der Waals surface area contributed by atoms with E-state index in [1.165, 1.54) is 26.4 Å². The topological polar surface area (TPSA) is 44.9 Å². The van der Waals surface area contributed by atoms with Gasteiger partial charge in [0, 0.05) is 59.9 Å². The molecule has 0 N–H and O–H groups in total. The minimum atomic E-state index is 0.659. The summed E-state index contributed by atoms with van der Waals surface area (Å²) in [7, 11) is 0. The first-order chi connectivity index (χ1) is 30.7. The zero-order valence-corrected chi connectivity index (χ0v) is 33.9. The number of thiophene rings is 1. The molecule has 13 aromatic rings. The van der Waals surface area contributed by atoms with Crippen molar-refractivity contribution in [2.75, 3.05) is 0 Å². The number of rotatable bonds is 4. The highest BCUT2D eigenvalue weighted by atomic mass is 32.1. The standard InChI is InChI=1S/C56H32N4OS/c1-3-14-33(15-4-1)53-55-54(42-20-9-12-25-50(42)62-55)58-56(57-53)60-44-23-10-7-18-37(44)38-28-26-34(30-45(38)60)35-27-29-41-46(31-35)59(36-16-5-2-6-17-36)47-32-49-52-40(21-13-22-43(52)51(41)47)39-19-8-11-24-48(39)61-49/h1-32H. The summed E-state index contributed by atoms with van der Waals surface area (Å²) in [6.45, 7) is 0. The Labute approximate surface area is 359 Å². The Balaban J connectivity index is 1.02. The molecule has 0 saturated heterocycles. The number of hydrogen-bond acceptors (Lipinski definition) is 4.